The summed E-state index contributed by atoms with van der Waals surface area (Å²) in [6.45, 7) is 6.18. The third kappa shape index (κ3) is 3.03. The molecule has 0 amide bonds. The van der Waals surface area contributed by atoms with E-state index in [4.69, 9.17) is 4.42 Å². The van der Waals surface area contributed by atoms with Crippen LogP contribution in [0.15, 0.2) is 34.7 Å². The normalized spacial score (nSPS) is 12.5. The Morgan fingerprint density at radius 1 is 1.18 bits per heavy atom. The Balaban J connectivity index is 2.18. The van der Waals surface area contributed by atoms with Gasteiger partial charge in [0.2, 0.25) is 0 Å². The van der Waals surface area contributed by atoms with E-state index >= 15 is 0 Å². The van der Waals surface area contributed by atoms with Crippen LogP contribution in [0.3, 0.4) is 0 Å². The molecule has 1 N–H and O–H groups in total. The van der Waals surface area contributed by atoms with Gasteiger partial charge in [0, 0.05) is 9.26 Å². The van der Waals surface area contributed by atoms with E-state index < -0.39 is 0 Å². The van der Waals surface area contributed by atoms with Crippen LogP contribution in [0.1, 0.15) is 30.0 Å². The number of aryl methyl sites for hydroxylation is 2. The third-order valence-corrected chi connectivity index (χ3v) is 3.43. The predicted molar refractivity (Wildman–Crippen MR) is 79.4 cm³/mol. The lowest BCUT2D eigenvalue weighted by Gasteiger charge is -2.15. The van der Waals surface area contributed by atoms with Crippen LogP contribution in [0.25, 0.3) is 0 Å². The molecular formula is C14H16INO. The number of benzene rings is 1. The van der Waals surface area contributed by atoms with Crippen molar-refractivity contribution >= 4 is 28.3 Å². The predicted octanol–water partition coefficient (Wildman–Crippen LogP) is 4.67. The second-order valence-corrected chi connectivity index (χ2v) is 5.52. The van der Waals surface area contributed by atoms with Gasteiger partial charge in [-0.1, -0.05) is 6.07 Å². The fourth-order valence-electron chi connectivity index (χ4n) is 1.74. The molecule has 0 radical (unpaired) electrons. The Morgan fingerprint density at radius 2 is 1.94 bits per heavy atom. The lowest BCUT2D eigenvalue weighted by molar-refractivity contribution is 0.467. The van der Waals surface area contributed by atoms with E-state index in [1.807, 2.05) is 19.1 Å². The summed E-state index contributed by atoms with van der Waals surface area (Å²) in [7, 11) is 0. The van der Waals surface area contributed by atoms with Crippen LogP contribution < -0.4 is 5.32 Å². The van der Waals surface area contributed by atoms with Crippen LogP contribution in [0, 0.1) is 17.4 Å². The van der Waals surface area contributed by atoms with Gasteiger partial charge in [-0.3, -0.25) is 0 Å². The van der Waals surface area contributed by atoms with Gasteiger partial charge < -0.3 is 9.73 Å². The molecule has 2 rings (SSSR count). The van der Waals surface area contributed by atoms with Crippen LogP contribution in [0.4, 0.5) is 5.69 Å². The third-order valence-electron chi connectivity index (χ3n) is 2.76. The quantitative estimate of drug-likeness (QED) is 0.821. The lowest BCUT2D eigenvalue weighted by atomic mass is 10.1. The minimum atomic E-state index is 0.181. The maximum absolute atomic E-state index is 5.62. The molecule has 0 aliphatic heterocycles. The van der Waals surface area contributed by atoms with Crippen molar-refractivity contribution in [1.29, 1.82) is 0 Å². The molecule has 0 bridgehead atoms. The lowest BCUT2D eigenvalue weighted by Crippen LogP contribution is -2.06. The van der Waals surface area contributed by atoms with Crippen LogP contribution >= 0.6 is 22.6 Å². The molecule has 0 saturated heterocycles. The number of rotatable bonds is 3. The number of nitrogens with one attached hydrogen (secondary N) is 1. The molecule has 0 fully saturated rings. The van der Waals surface area contributed by atoms with Crippen molar-refractivity contribution in [3.63, 3.8) is 0 Å². The minimum Gasteiger partial charge on any atom is -0.464 e. The van der Waals surface area contributed by atoms with Crippen LogP contribution in [0.2, 0.25) is 0 Å². The molecule has 1 atom stereocenters. The van der Waals surface area contributed by atoms with Crippen LogP contribution in [-0.4, -0.2) is 0 Å². The number of halogens is 1. The van der Waals surface area contributed by atoms with Gasteiger partial charge in [0.1, 0.15) is 11.5 Å². The van der Waals surface area contributed by atoms with Crippen molar-refractivity contribution in [1.82, 2.24) is 0 Å². The first-order chi connectivity index (χ1) is 8.06. The van der Waals surface area contributed by atoms with Gasteiger partial charge in [-0.15, -0.1) is 0 Å². The zero-order valence-electron chi connectivity index (χ0n) is 10.3. The minimum absolute atomic E-state index is 0.181. The average Bonchev–Trinajstić information content (AvgIpc) is 2.70. The average molecular weight is 341 g/mol. The standard InChI is InChI=1S/C14H16INO/c1-9-4-6-12(15)8-13(9)16-11(3)14-7-5-10(2)17-14/h4-8,11,16H,1-3H3. The van der Waals surface area contributed by atoms with Crippen molar-refractivity contribution in [3.8, 4) is 0 Å². The Kier molecular flexibility index (Phi) is 3.76. The summed E-state index contributed by atoms with van der Waals surface area (Å²) in [6.07, 6.45) is 0. The van der Waals surface area contributed by atoms with E-state index in [1.54, 1.807) is 0 Å². The molecule has 0 spiro atoms. The molecule has 90 valence electrons. The highest BCUT2D eigenvalue weighted by Crippen LogP contribution is 2.24. The van der Waals surface area contributed by atoms with Crippen molar-refractivity contribution in [2.45, 2.75) is 26.8 Å². The first kappa shape index (κ1) is 12.5. The van der Waals surface area contributed by atoms with E-state index in [-0.39, 0.29) is 6.04 Å². The number of hydrogen-bond donors (Lipinski definition) is 1. The zero-order chi connectivity index (χ0) is 12.4. The van der Waals surface area contributed by atoms with Gasteiger partial charge in [0.05, 0.1) is 6.04 Å². The number of furan rings is 1. The Labute approximate surface area is 116 Å². The van der Waals surface area contributed by atoms with E-state index in [2.05, 4.69) is 60.0 Å². The molecule has 1 aromatic heterocycles. The summed E-state index contributed by atoms with van der Waals surface area (Å²) in [5, 5.41) is 3.48. The maximum Gasteiger partial charge on any atom is 0.126 e. The summed E-state index contributed by atoms with van der Waals surface area (Å²) < 4.78 is 6.86. The van der Waals surface area contributed by atoms with E-state index in [1.165, 1.54) is 14.8 Å². The van der Waals surface area contributed by atoms with Gasteiger partial charge in [-0.2, -0.15) is 0 Å². The van der Waals surface area contributed by atoms with Crippen molar-refractivity contribution in [2.75, 3.05) is 5.32 Å². The summed E-state index contributed by atoms with van der Waals surface area (Å²) in [5.74, 6) is 1.92. The second kappa shape index (κ2) is 5.12. The molecule has 17 heavy (non-hydrogen) atoms. The molecule has 3 heteroatoms. The monoisotopic (exact) mass is 341 g/mol. The van der Waals surface area contributed by atoms with Gasteiger partial charge in [-0.05, 0) is 73.2 Å². The highest BCUT2D eigenvalue weighted by molar-refractivity contribution is 14.1. The number of hydrogen-bond acceptors (Lipinski definition) is 2. The Bertz CT molecular complexity index is 519. The number of anilines is 1. The van der Waals surface area contributed by atoms with Crippen molar-refractivity contribution < 1.29 is 4.42 Å². The Hall–Kier alpha value is -0.970. The Morgan fingerprint density at radius 3 is 2.59 bits per heavy atom. The molecule has 2 aromatic rings. The van der Waals surface area contributed by atoms with Gasteiger partial charge >= 0.3 is 0 Å². The van der Waals surface area contributed by atoms with E-state index in [0.717, 1.165) is 11.5 Å². The molecule has 0 saturated carbocycles. The van der Waals surface area contributed by atoms with E-state index in [0.29, 0.717) is 0 Å². The molecule has 1 heterocycles. The summed E-state index contributed by atoms with van der Waals surface area (Å²) in [4.78, 5) is 0. The fraction of sp³-hybridized carbons (Fsp3) is 0.286. The molecule has 0 aliphatic rings. The molecular weight excluding hydrogens is 325 g/mol. The molecule has 1 aromatic carbocycles. The zero-order valence-corrected chi connectivity index (χ0v) is 12.4. The summed E-state index contributed by atoms with van der Waals surface area (Å²) in [6, 6.07) is 10.6. The first-order valence-corrected chi connectivity index (χ1v) is 6.73. The highest BCUT2D eigenvalue weighted by Gasteiger charge is 2.10. The van der Waals surface area contributed by atoms with Crippen LogP contribution in [0.5, 0.6) is 0 Å². The maximum atomic E-state index is 5.62. The largest absolute Gasteiger partial charge is 0.464 e. The van der Waals surface area contributed by atoms with Crippen LogP contribution in [-0.2, 0) is 0 Å². The highest BCUT2D eigenvalue weighted by atomic mass is 127. The van der Waals surface area contributed by atoms with Gasteiger partial charge in [0.25, 0.3) is 0 Å². The first-order valence-electron chi connectivity index (χ1n) is 5.65. The second-order valence-electron chi connectivity index (χ2n) is 4.27. The van der Waals surface area contributed by atoms with Crippen molar-refractivity contribution in [2.24, 2.45) is 0 Å². The van der Waals surface area contributed by atoms with E-state index in [9.17, 15) is 0 Å². The van der Waals surface area contributed by atoms with Gasteiger partial charge in [0.15, 0.2) is 0 Å². The molecule has 1 unspecified atom stereocenters. The smallest absolute Gasteiger partial charge is 0.126 e. The van der Waals surface area contributed by atoms with Crippen molar-refractivity contribution in [3.05, 3.63) is 51.0 Å². The fourth-order valence-corrected chi connectivity index (χ4v) is 2.23. The SMILES string of the molecule is Cc1ccc(C(C)Nc2cc(I)ccc2C)o1. The summed E-state index contributed by atoms with van der Waals surface area (Å²) in [5.41, 5.74) is 2.42. The summed E-state index contributed by atoms with van der Waals surface area (Å²) >= 11 is 2.32. The molecule has 2 nitrogen and oxygen atoms in total. The molecule has 0 aliphatic carbocycles. The topological polar surface area (TPSA) is 25.2 Å². The van der Waals surface area contributed by atoms with Gasteiger partial charge in [-0.25, -0.2) is 0 Å².